The predicted molar refractivity (Wildman–Crippen MR) is 93.4 cm³/mol. The van der Waals surface area contributed by atoms with Crippen molar-refractivity contribution in [2.24, 2.45) is 4.99 Å². The van der Waals surface area contributed by atoms with Gasteiger partial charge < -0.3 is 14.8 Å². The van der Waals surface area contributed by atoms with Crippen molar-refractivity contribution in [3.8, 4) is 0 Å². The maximum atomic E-state index is 11.6. The van der Waals surface area contributed by atoms with E-state index in [0.29, 0.717) is 0 Å². The summed E-state index contributed by atoms with van der Waals surface area (Å²) in [6.07, 6.45) is 7.84. The molecule has 5 nitrogen and oxygen atoms in total. The predicted octanol–water partition coefficient (Wildman–Crippen LogP) is 2.10. The molecule has 0 atom stereocenters. The zero-order chi connectivity index (χ0) is 16.2. The molecule has 1 N–H and O–H groups in total. The zero-order valence-corrected chi connectivity index (χ0v) is 13.8. The van der Waals surface area contributed by atoms with Gasteiger partial charge in [-0.3, -0.25) is 9.79 Å². The van der Waals surface area contributed by atoms with E-state index in [0.717, 1.165) is 51.3 Å². The van der Waals surface area contributed by atoms with Crippen molar-refractivity contribution in [3.63, 3.8) is 0 Å². The Bertz CT molecular complexity index is 521. The van der Waals surface area contributed by atoms with Gasteiger partial charge in [0.2, 0.25) is 5.56 Å². The van der Waals surface area contributed by atoms with Gasteiger partial charge in [-0.15, -0.1) is 6.58 Å². The van der Waals surface area contributed by atoms with Crippen LogP contribution in [0.25, 0.3) is 0 Å². The van der Waals surface area contributed by atoms with Crippen molar-refractivity contribution >= 4 is 5.96 Å². The standard InChI is InChI=1S/C17H28N4O/c1-4-5-8-13-20(3)17(18-2)19-12-7-10-15-21-14-9-6-11-16(21)22/h4,6,9,11,14H,1,5,7-8,10,12-13,15H2,2-3H3,(H,18,19). The Morgan fingerprint density at radius 3 is 2.91 bits per heavy atom. The molecule has 0 saturated heterocycles. The zero-order valence-electron chi connectivity index (χ0n) is 13.8. The molecule has 0 saturated carbocycles. The first-order chi connectivity index (χ1) is 10.7. The lowest BCUT2D eigenvalue weighted by Gasteiger charge is -2.21. The lowest BCUT2D eigenvalue weighted by molar-refractivity contribution is 0.467. The minimum absolute atomic E-state index is 0.0632. The minimum atomic E-state index is 0.0632. The Kier molecular flexibility index (Phi) is 8.72. The molecular weight excluding hydrogens is 276 g/mol. The van der Waals surface area contributed by atoms with Gasteiger partial charge in [0.15, 0.2) is 5.96 Å². The normalized spacial score (nSPS) is 11.3. The highest BCUT2D eigenvalue weighted by atomic mass is 16.1. The van der Waals surface area contributed by atoms with Crippen LogP contribution in [0.5, 0.6) is 0 Å². The topological polar surface area (TPSA) is 49.6 Å². The van der Waals surface area contributed by atoms with Gasteiger partial charge in [0, 0.05) is 46.0 Å². The van der Waals surface area contributed by atoms with Crippen LogP contribution in [-0.4, -0.2) is 42.6 Å². The number of aliphatic imine (C=N–C) groups is 1. The number of unbranched alkanes of at least 4 members (excludes halogenated alkanes) is 2. The lowest BCUT2D eigenvalue weighted by atomic mass is 10.3. The average molecular weight is 304 g/mol. The highest BCUT2D eigenvalue weighted by molar-refractivity contribution is 5.79. The summed E-state index contributed by atoms with van der Waals surface area (Å²) in [6.45, 7) is 6.32. The Hall–Kier alpha value is -2.04. The molecule has 0 aliphatic carbocycles. The van der Waals surface area contributed by atoms with Crippen LogP contribution >= 0.6 is 0 Å². The Morgan fingerprint density at radius 2 is 2.23 bits per heavy atom. The Labute approximate surface area is 133 Å². The third-order valence-electron chi connectivity index (χ3n) is 3.48. The number of hydrogen-bond acceptors (Lipinski definition) is 2. The molecule has 1 rings (SSSR count). The van der Waals surface area contributed by atoms with Gasteiger partial charge in [-0.25, -0.2) is 0 Å². The fourth-order valence-electron chi connectivity index (χ4n) is 2.22. The minimum Gasteiger partial charge on any atom is -0.356 e. The Morgan fingerprint density at radius 1 is 1.41 bits per heavy atom. The maximum absolute atomic E-state index is 11.6. The second-order valence-corrected chi connectivity index (χ2v) is 5.27. The van der Waals surface area contributed by atoms with Gasteiger partial charge in [-0.2, -0.15) is 0 Å². The quantitative estimate of drug-likeness (QED) is 0.329. The second kappa shape index (κ2) is 10.7. The molecular formula is C17H28N4O. The van der Waals surface area contributed by atoms with Crippen LogP contribution in [0.15, 0.2) is 46.8 Å². The van der Waals surface area contributed by atoms with Crippen LogP contribution in [-0.2, 0) is 6.54 Å². The molecule has 0 unspecified atom stereocenters. The number of pyridine rings is 1. The summed E-state index contributed by atoms with van der Waals surface area (Å²) < 4.78 is 1.75. The first kappa shape index (κ1) is 18.0. The summed E-state index contributed by atoms with van der Waals surface area (Å²) in [7, 11) is 3.85. The summed E-state index contributed by atoms with van der Waals surface area (Å²) in [4.78, 5) is 18.0. The van der Waals surface area contributed by atoms with Crippen LogP contribution in [0.3, 0.4) is 0 Å². The van der Waals surface area contributed by atoms with Gasteiger partial charge >= 0.3 is 0 Å². The van der Waals surface area contributed by atoms with E-state index in [-0.39, 0.29) is 5.56 Å². The van der Waals surface area contributed by atoms with Crippen LogP contribution in [0.2, 0.25) is 0 Å². The molecule has 1 heterocycles. The summed E-state index contributed by atoms with van der Waals surface area (Å²) in [5.74, 6) is 0.918. The molecule has 0 amide bonds. The lowest BCUT2D eigenvalue weighted by Crippen LogP contribution is -2.39. The van der Waals surface area contributed by atoms with E-state index in [4.69, 9.17) is 0 Å². The van der Waals surface area contributed by atoms with E-state index in [2.05, 4.69) is 21.8 Å². The van der Waals surface area contributed by atoms with E-state index in [9.17, 15) is 4.79 Å². The largest absolute Gasteiger partial charge is 0.356 e. The monoisotopic (exact) mass is 304 g/mol. The molecule has 0 aromatic carbocycles. The third-order valence-corrected chi connectivity index (χ3v) is 3.48. The molecule has 0 fully saturated rings. The fraction of sp³-hybridized carbons (Fsp3) is 0.529. The van der Waals surface area contributed by atoms with Crippen molar-refractivity contribution < 1.29 is 0 Å². The number of aromatic nitrogens is 1. The number of guanidine groups is 1. The smallest absolute Gasteiger partial charge is 0.250 e. The summed E-state index contributed by atoms with van der Waals surface area (Å²) in [6, 6.07) is 5.25. The van der Waals surface area contributed by atoms with E-state index < -0.39 is 0 Å². The van der Waals surface area contributed by atoms with Crippen molar-refractivity contribution in [1.29, 1.82) is 0 Å². The highest BCUT2D eigenvalue weighted by Crippen LogP contribution is 1.96. The molecule has 0 aliphatic heterocycles. The average Bonchev–Trinajstić information content (AvgIpc) is 2.52. The molecule has 0 radical (unpaired) electrons. The Balaban J connectivity index is 2.23. The molecule has 1 aromatic rings. The number of hydrogen-bond donors (Lipinski definition) is 1. The van der Waals surface area contributed by atoms with Crippen molar-refractivity contribution in [3.05, 3.63) is 47.4 Å². The van der Waals surface area contributed by atoms with E-state index in [1.807, 2.05) is 25.4 Å². The van der Waals surface area contributed by atoms with Crippen LogP contribution in [0.4, 0.5) is 0 Å². The number of aryl methyl sites for hydroxylation is 1. The summed E-state index contributed by atoms with van der Waals surface area (Å²) in [5.41, 5.74) is 0.0632. The van der Waals surface area contributed by atoms with Crippen molar-refractivity contribution in [2.75, 3.05) is 27.2 Å². The van der Waals surface area contributed by atoms with Crippen LogP contribution in [0.1, 0.15) is 25.7 Å². The molecule has 0 bridgehead atoms. The number of nitrogens with one attached hydrogen (secondary N) is 1. The number of allylic oxidation sites excluding steroid dienone is 1. The molecule has 5 heteroatoms. The maximum Gasteiger partial charge on any atom is 0.250 e. The van der Waals surface area contributed by atoms with Crippen molar-refractivity contribution in [2.45, 2.75) is 32.2 Å². The van der Waals surface area contributed by atoms with E-state index in [1.165, 1.54) is 0 Å². The SMILES string of the molecule is C=CCCCN(C)C(=NC)NCCCCn1ccccc1=O. The summed E-state index contributed by atoms with van der Waals surface area (Å²) >= 11 is 0. The van der Waals surface area contributed by atoms with Gasteiger partial charge in [-0.05, 0) is 31.7 Å². The van der Waals surface area contributed by atoms with Crippen molar-refractivity contribution in [1.82, 2.24) is 14.8 Å². The molecule has 0 aliphatic rings. The highest BCUT2D eigenvalue weighted by Gasteiger charge is 2.04. The number of nitrogens with zero attached hydrogens (tertiary/aromatic N) is 3. The first-order valence-corrected chi connectivity index (χ1v) is 7.87. The van der Waals surface area contributed by atoms with Gasteiger partial charge in [0.1, 0.15) is 0 Å². The van der Waals surface area contributed by atoms with Gasteiger partial charge in [-0.1, -0.05) is 12.1 Å². The van der Waals surface area contributed by atoms with Gasteiger partial charge in [0.25, 0.3) is 0 Å². The summed E-state index contributed by atoms with van der Waals surface area (Å²) in [5, 5.41) is 3.36. The first-order valence-electron chi connectivity index (χ1n) is 7.87. The number of rotatable bonds is 9. The molecule has 1 aromatic heterocycles. The fourth-order valence-corrected chi connectivity index (χ4v) is 2.22. The van der Waals surface area contributed by atoms with E-state index >= 15 is 0 Å². The third kappa shape index (κ3) is 6.61. The van der Waals surface area contributed by atoms with E-state index in [1.54, 1.807) is 23.7 Å². The van der Waals surface area contributed by atoms with Gasteiger partial charge in [0.05, 0.1) is 0 Å². The van der Waals surface area contributed by atoms with Crippen LogP contribution in [0, 0.1) is 0 Å². The molecule has 0 spiro atoms. The molecule has 22 heavy (non-hydrogen) atoms. The van der Waals surface area contributed by atoms with Crippen LogP contribution < -0.4 is 10.9 Å². The second-order valence-electron chi connectivity index (χ2n) is 5.27. The molecule has 122 valence electrons.